The molecule has 0 spiro atoms. The van der Waals surface area contributed by atoms with Gasteiger partial charge in [-0.2, -0.15) is 0 Å². The van der Waals surface area contributed by atoms with E-state index in [-0.39, 0.29) is 22.6 Å². The van der Waals surface area contributed by atoms with E-state index in [0.29, 0.717) is 23.7 Å². The average Bonchev–Trinajstić information content (AvgIpc) is 2.93. The van der Waals surface area contributed by atoms with Gasteiger partial charge in [-0.25, -0.2) is 0 Å². The summed E-state index contributed by atoms with van der Waals surface area (Å²) >= 11 is 0. The highest BCUT2D eigenvalue weighted by molar-refractivity contribution is 5.87. The van der Waals surface area contributed by atoms with E-state index in [4.69, 9.17) is 4.74 Å². The Hall–Kier alpha value is -0.860. The highest BCUT2D eigenvalue weighted by atomic mass is 16.5. The largest absolute Gasteiger partial charge is 0.454 e. The zero-order valence-corrected chi connectivity index (χ0v) is 17.3. The third-order valence-corrected chi connectivity index (χ3v) is 9.36. The number of ether oxygens (including phenoxy) is 1. The van der Waals surface area contributed by atoms with Crippen LogP contribution in [0, 0.1) is 39.9 Å². The molecule has 0 N–H and O–H groups in total. The van der Waals surface area contributed by atoms with Crippen LogP contribution in [0.3, 0.4) is 0 Å². The fraction of sp³-hybridized carbons (Fsp3) is 0.913. The average molecular weight is 361 g/mol. The maximum atomic E-state index is 13.1. The molecule has 0 radical (unpaired) electrons. The standard InChI is InChI=1S/C23H36O3/c1-14(24)26-20-18(25)13-23(5)17-10-12-22(4)11-6-7-16(22)15(17)8-9-19(23)21(20,2)3/h15-17,19-20H,6-13H2,1-5H3/t15-,16-,17+,19-,20+,22-,23+/m0/s1. The van der Waals surface area contributed by atoms with Gasteiger partial charge in [0.2, 0.25) is 0 Å². The summed E-state index contributed by atoms with van der Waals surface area (Å²) in [4.78, 5) is 24.7. The van der Waals surface area contributed by atoms with Gasteiger partial charge in [-0.1, -0.05) is 34.1 Å². The summed E-state index contributed by atoms with van der Waals surface area (Å²) < 4.78 is 5.55. The quantitative estimate of drug-likeness (QED) is 0.606. The van der Waals surface area contributed by atoms with Crippen LogP contribution in [-0.4, -0.2) is 17.9 Å². The number of ketones is 1. The summed E-state index contributed by atoms with van der Waals surface area (Å²) in [5.74, 6) is 2.62. The molecule has 4 aliphatic carbocycles. The van der Waals surface area contributed by atoms with E-state index in [9.17, 15) is 9.59 Å². The Morgan fingerprint density at radius 2 is 1.73 bits per heavy atom. The first-order chi connectivity index (χ1) is 12.1. The Kier molecular flexibility index (Phi) is 4.14. The Bertz CT molecular complexity index is 623. The summed E-state index contributed by atoms with van der Waals surface area (Å²) in [6.45, 7) is 10.7. The lowest BCUT2D eigenvalue weighted by atomic mass is 9.41. The Morgan fingerprint density at radius 1 is 1.00 bits per heavy atom. The van der Waals surface area contributed by atoms with Gasteiger partial charge in [0.1, 0.15) is 0 Å². The summed E-state index contributed by atoms with van der Waals surface area (Å²) in [7, 11) is 0. The molecule has 4 rings (SSSR count). The van der Waals surface area contributed by atoms with E-state index >= 15 is 0 Å². The number of carbonyl (C=O) groups excluding carboxylic acids is 2. The molecule has 4 saturated carbocycles. The number of hydrogen-bond acceptors (Lipinski definition) is 3. The van der Waals surface area contributed by atoms with Gasteiger partial charge < -0.3 is 4.74 Å². The lowest BCUT2D eigenvalue weighted by Gasteiger charge is -2.63. The topological polar surface area (TPSA) is 43.4 Å². The molecule has 0 aromatic carbocycles. The molecular weight excluding hydrogens is 324 g/mol. The second kappa shape index (κ2) is 5.82. The molecular formula is C23H36O3. The van der Waals surface area contributed by atoms with E-state index in [1.165, 1.54) is 51.9 Å². The SMILES string of the molecule is CC(=O)O[C@@H]1C(=O)C[C@]2(C)[C@@H]3CC[C@]4(C)CCC[C@H]4[C@@H]3CC[C@H]2C1(C)C. The van der Waals surface area contributed by atoms with Crippen LogP contribution in [-0.2, 0) is 14.3 Å². The molecule has 0 aromatic heterocycles. The van der Waals surface area contributed by atoms with Gasteiger partial charge in [0.05, 0.1) is 0 Å². The summed E-state index contributed by atoms with van der Waals surface area (Å²) in [6.07, 6.45) is 9.33. The molecule has 0 amide bonds. The molecule has 0 saturated heterocycles. The molecule has 0 aromatic rings. The Balaban J connectivity index is 1.67. The van der Waals surface area contributed by atoms with Gasteiger partial charge in [-0.05, 0) is 73.0 Å². The molecule has 0 unspecified atom stereocenters. The van der Waals surface area contributed by atoms with Crippen molar-refractivity contribution in [1.29, 1.82) is 0 Å². The molecule has 0 bridgehead atoms. The number of Topliss-reactive ketones (excluding diaryl/α,β-unsaturated/α-hetero) is 1. The first kappa shape index (κ1) is 18.5. The Labute approximate surface area is 158 Å². The highest BCUT2D eigenvalue weighted by Crippen LogP contribution is 2.68. The van der Waals surface area contributed by atoms with Crippen LogP contribution in [0.15, 0.2) is 0 Å². The van der Waals surface area contributed by atoms with Crippen LogP contribution in [0.5, 0.6) is 0 Å². The van der Waals surface area contributed by atoms with Crippen molar-refractivity contribution in [3.63, 3.8) is 0 Å². The molecule has 146 valence electrons. The van der Waals surface area contributed by atoms with Crippen LogP contribution < -0.4 is 0 Å². The minimum absolute atomic E-state index is 0.0735. The van der Waals surface area contributed by atoms with Crippen molar-refractivity contribution >= 4 is 11.8 Å². The maximum Gasteiger partial charge on any atom is 0.303 e. The van der Waals surface area contributed by atoms with E-state index < -0.39 is 6.10 Å². The number of rotatable bonds is 1. The third-order valence-electron chi connectivity index (χ3n) is 9.36. The zero-order chi connectivity index (χ0) is 18.9. The molecule has 3 nitrogen and oxygen atoms in total. The molecule has 7 atom stereocenters. The Morgan fingerprint density at radius 3 is 2.42 bits per heavy atom. The van der Waals surface area contributed by atoms with Crippen LogP contribution in [0.1, 0.15) is 86.0 Å². The first-order valence-electron chi connectivity index (χ1n) is 10.8. The van der Waals surface area contributed by atoms with Crippen molar-refractivity contribution in [2.24, 2.45) is 39.9 Å². The predicted molar refractivity (Wildman–Crippen MR) is 101 cm³/mol. The maximum absolute atomic E-state index is 13.1. The van der Waals surface area contributed by atoms with Gasteiger partial charge in [0.25, 0.3) is 0 Å². The number of esters is 1. The molecule has 3 heteroatoms. The minimum atomic E-state index is -0.560. The van der Waals surface area contributed by atoms with Crippen molar-refractivity contribution < 1.29 is 14.3 Å². The van der Waals surface area contributed by atoms with Gasteiger partial charge in [-0.15, -0.1) is 0 Å². The zero-order valence-electron chi connectivity index (χ0n) is 17.3. The second-order valence-electron chi connectivity index (χ2n) is 11.1. The highest BCUT2D eigenvalue weighted by Gasteiger charge is 2.64. The van der Waals surface area contributed by atoms with Crippen molar-refractivity contribution in [2.45, 2.75) is 92.1 Å². The monoisotopic (exact) mass is 360 g/mol. The van der Waals surface area contributed by atoms with Crippen molar-refractivity contribution in [1.82, 2.24) is 0 Å². The van der Waals surface area contributed by atoms with E-state index in [1.807, 2.05) is 0 Å². The fourth-order valence-corrected chi connectivity index (χ4v) is 8.37. The molecule has 0 heterocycles. The van der Waals surface area contributed by atoms with E-state index in [0.717, 1.165) is 11.8 Å². The lowest BCUT2D eigenvalue weighted by molar-refractivity contribution is -0.195. The number of hydrogen-bond donors (Lipinski definition) is 0. The van der Waals surface area contributed by atoms with E-state index in [2.05, 4.69) is 27.7 Å². The van der Waals surface area contributed by atoms with Crippen molar-refractivity contribution in [3.05, 3.63) is 0 Å². The molecule has 4 fully saturated rings. The van der Waals surface area contributed by atoms with Gasteiger partial charge in [0, 0.05) is 18.8 Å². The summed E-state index contributed by atoms with van der Waals surface area (Å²) in [6, 6.07) is 0. The van der Waals surface area contributed by atoms with Crippen molar-refractivity contribution in [3.8, 4) is 0 Å². The molecule has 26 heavy (non-hydrogen) atoms. The van der Waals surface area contributed by atoms with Gasteiger partial charge in [-0.3, -0.25) is 9.59 Å². The van der Waals surface area contributed by atoms with Gasteiger partial charge >= 0.3 is 5.97 Å². The van der Waals surface area contributed by atoms with Crippen LogP contribution in [0.4, 0.5) is 0 Å². The lowest BCUT2D eigenvalue weighted by Crippen LogP contribution is -2.62. The first-order valence-corrected chi connectivity index (χ1v) is 10.8. The van der Waals surface area contributed by atoms with Crippen molar-refractivity contribution in [2.75, 3.05) is 0 Å². The second-order valence-corrected chi connectivity index (χ2v) is 11.1. The molecule has 0 aliphatic heterocycles. The van der Waals surface area contributed by atoms with E-state index in [1.54, 1.807) is 0 Å². The fourth-order valence-electron chi connectivity index (χ4n) is 8.37. The summed E-state index contributed by atoms with van der Waals surface area (Å²) in [5.41, 5.74) is 0.361. The molecule has 4 aliphatic rings. The van der Waals surface area contributed by atoms with Crippen LogP contribution in [0.25, 0.3) is 0 Å². The third kappa shape index (κ3) is 2.44. The van der Waals surface area contributed by atoms with Gasteiger partial charge in [0.15, 0.2) is 11.9 Å². The number of carbonyl (C=O) groups is 2. The smallest absolute Gasteiger partial charge is 0.303 e. The summed E-state index contributed by atoms with van der Waals surface area (Å²) in [5, 5.41) is 0. The normalized spacial score (nSPS) is 49.7. The van der Waals surface area contributed by atoms with Crippen LogP contribution in [0.2, 0.25) is 0 Å². The number of fused-ring (bicyclic) bond motifs is 5. The minimum Gasteiger partial charge on any atom is -0.454 e. The predicted octanol–water partition coefficient (Wildman–Crippen LogP) is 5.17. The van der Waals surface area contributed by atoms with Crippen LogP contribution >= 0.6 is 0 Å².